The van der Waals surface area contributed by atoms with Crippen LogP contribution in [0.5, 0.6) is 0 Å². The normalized spacial score (nSPS) is 16.3. The van der Waals surface area contributed by atoms with Gasteiger partial charge in [0.05, 0.1) is 21.5 Å². The van der Waals surface area contributed by atoms with Gasteiger partial charge in [-0.05, 0) is 167 Å². The number of thiophene rings is 1. The van der Waals surface area contributed by atoms with Crippen molar-refractivity contribution in [1.82, 2.24) is 0 Å². The lowest BCUT2D eigenvalue weighted by Crippen LogP contribution is -2.62. The molecular weight excluding hydrogens is 1010 g/mol. The van der Waals surface area contributed by atoms with E-state index >= 15 is 0 Å². The largest absolute Gasteiger partial charge is 0.375 e. The lowest BCUT2D eigenvalue weighted by molar-refractivity contribution is 0.332. The highest BCUT2D eigenvalue weighted by Gasteiger charge is 2.56. The van der Waals surface area contributed by atoms with Gasteiger partial charge in [-0.2, -0.15) is 0 Å². The molecule has 0 bridgehead atoms. The Labute approximate surface area is 488 Å². The van der Waals surface area contributed by atoms with Gasteiger partial charge < -0.3 is 14.6 Å². The Morgan fingerprint density at radius 3 is 1.68 bits per heavy atom. The summed E-state index contributed by atoms with van der Waals surface area (Å²) in [6, 6.07) is 80.7. The average Bonchev–Trinajstić information content (AvgIpc) is 3.05. The monoisotopic (exact) mass is 1080 g/mol. The van der Waals surface area contributed by atoms with Gasteiger partial charge >= 0.3 is 6.85 Å². The van der Waals surface area contributed by atoms with Crippen LogP contribution in [0.1, 0.15) is 127 Å². The minimum atomic E-state index is -0.573. The molecule has 16 rings (SSSR count). The zero-order valence-electron chi connectivity index (χ0n) is 48.9. The molecule has 0 fully saturated rings. The zero-order valence-corrected chi connectivity index (χ0v) is 49.7. The Morgan fingerprint density at radius 1 is 0.439 bits per heavy atom. The molecule has 5 aliphatic rings. The smallest absolute Gasteiger partial charge is 0.333 e. The third kappa shape index (κ3) is 6.78. The quantitative estimate of drug-likeness (QED) is 0.163. The minimum absolute atomic E-state index is 0.00467. The Hall–Kier alpha value is -8.12. The first-order chi connectivity index (χ1) is 39.4. The molecule has 3 aliphatic heterocycles. The van der Waals surface area contributed by atoms with E-state index in [1.165, 1.54) is 133 Å². The van der Waals surface area contributed by atoms with Crippen LogP contribution in [-0.2, 0) is 27.1 Å². The van der Waals surface area contributed by atoms with Gasteiger partial charge in [0.1, 0.15) is 0 Å². The van der Waals surface area contributed by atoms with Gasteiger partial charge in [-0.3, -0.25) is 0 Å². The molecule has 0 unspecified atom stereocenters. The Morgan fingerprint density at radius 2 is 1.02 bits per heavy atom. The van der Waals surface area contributed by atoms with E-state index < -0.39 is 5.41 Å². The summed E-state index contributed by atoms with van der Waals surface area (Å²) >= 11 is 1.95. The van der Waals surface area contributed by atoms with Crippen molar-refractivity contribution in [2.45, 2.75) is 109 Å². The van der Waals surface area contributed by atoms with E-state index in [1.54, 1.807) is 0 Å². The van der Waals surface area contributed by atoms with Crippen LogP contribution < -0.4 is 25.5 Å². The first-order valence-electron chi connectivity index (χ1n) is 29.7. The van der Waals surface area contributed by atoms with E-state index in [-0.39, 0.29) is 28.5 Å². The van der Waals surface area contributed by atoms with Crippen LogP contribution in [0.15, 0.2) is 206 Å². The molecule has 4 heterocycles. The molecular formula is C77H68BN3S. The van der Waals surface area contributed by atoms with Gasteiger partial charge in [-0.1, -0.05) is 215 Å². The van der Waals surface area contributed by atoms with Crippen LogP contribution in [0.4, 0.5) is 45.5 Å². The number of nitrogens with zero attached hydrogens (tertiary/aromatic N) is 3. The second-order valence-corrected chi connectivity index (χ2v) is 28.6. The molecule has 0 radical (unpaired) electrons. The summed E-state index contributed by atoms with van der Waals surface area (Å²) in [6.45, 7) is 23.5. The molecule has 1 spiro atoms. The van der Waals surface area contributed by atoms with E-state index in [4.69, 9.17) is 0 Å². The molecule has 5 heteroatoms. The van der Waals surface area contributed by atoms with E-state index in [1.807, 2.05) is 11.3 Å². The van der Waals surface area contributed by atoms with Crippen LogP contribution in [0.2, 0.25) is 0 Å². The fourth-order valence-corrected chi connectivity index (χ4v) is 16.8. The van der Waals surface area contributed by atoms with Crippen molar-refractivity contribution in [1.29, 1.82) is 0 Å². The molecule has 10 aromatic carbocycles. The van der Waals surface area contributed by atoms with Gasteiger partial charge in [-0.25, -0.2) is 0 Å². The maximum absolute atomic E-state index is 2.82. The summed E-state index contributed by atoms with van der Waals surface area (Å²) in [5, 5.41) is 2.62. The Bertz CT molecular complexity index is 4400. The van der Waals surface area contributed by atoms with Gasteiger partial charge in [0, 0.05) is 55.2 Å². The lowest BCUT2D eigenvalue weighted by Gasteiger charge is -2.52. The van der Waals surface area contributed by atoms with Crippen LogP contribution in [0, 0.1) is 0 Å². The van der Waals surface area contributed by atoms with E-state index in [2.05, 4.69) is 290 Å². The standard InChI is InChI=1S/C77H68BN3S/c1-73(2,3)47-30-34-49(35-31-47)79(50-36-32-48(33-37-50)74(4,5)6)52-44-58-56-39-40-57-55-22-13-18-29-68(55)82-72(57)70(56)81(51-38-41-61-64(45-51)76(9,10)43-42-75(61,7)8)78-65-27-19-26-63-71(65)80(67(46-52)69(58)78)66-28-17-16-25-62(66)77(63)59-23-14-11-20-53(59)54-21-12-15-24-60(54)77/h11-41,44-46H,42-43H2,1-10H3. The molecule has 0 saturated heterocycles. The number of hydrogen-bond donors (Lipinski definition) is 0. The van der Waals surface area contributed by atoms with Crippen molar-refractivity contribution in [3.05, 3.63) is 251 Å². The van der Waals surface area contributed by atoms with Crippen molar-refractivity contribution in [2.24, 2.45) is 0 Å². The van der Waals surface area contributed by atoms with Gasteiger partial charge in [-0.15, -0.1) is 11.3 Å². The first kappa shape index (κ1) is 49.7. The molecule has 11 aromatic rings. The zero-order chi connectivity index (χ0) is 56.0. The second-order valence-electron chi connectivity index (χ2n) is 27.5. The third-order valence-electron chi connectivity index (χ3n) is 19.8. The van der Waals surface area contributed by atoms with Crippen LogP contribution in [0.25, 0.3) is 42.4 Å². The van der Waals surface area contributed by atoms with Crippen LogP contribution in [0.3, 0.4) is 0 Å². The summed E-state index contributed by atoms with van der Waals surface area (Å²) in [4.78, 5) is 8.06. The van der Waals surface area contributed by atoms with Crippen molar-refractivity contribution in [3.63, 3.8) is 0 Å². The second kappa shape index (κ2) is 17.0. The molecule has 400 valence electrons. The third-order valence-corrected chi connectivity index (χ3v) is 21.0. The molecule has 0 atom stereocenters. The summed E-state index contributed by atoms with van der Waals surface area (Å²) < 4.78 is 2.64. The predicted octanol–water partition coefficient (Wildman–Crippen LogP) is 19.9. The number of anilines is 8. The van der Waals surface area contributed by atoms with Crippen LogP contribution in [-0.4, -0.2) is 6.85 Å². The number of hydrogen-bond acceptors (Lipinski definition) is 4. The van der Waals surface area contributed by atoms with E-state index in [9.17, 15) is 0 Å². The number of fused-ring (bicyclic) bond motifs is 18. The topological polar surface area (TPSA) is 9.72 Å². The maximum atomic E-state index is 2.82. The fourth-order valence-electron chi connectivity index (χ4n) is 15.6. The summed E-state index contributed by atoms with van der Waals surface area (Å²) in [5.41, 5.74) is 27.9. The highest BCUT2D eigenvalue weighted by Crippen LogP contribution is 2.65. The van der Waals surface area contributed by atoms with Gasteiger partial charge in [0.15, 0.2) is 0 Å². The highest BCUT2D eigenvalue weighted by molar-refractivity contribution is 7.26. The molecule has 1 aromatic heterocycles. The number of benzene rings is 10. The summed E-state index contributed by atoms with van der Waals surface area (Å²) in [6.07, 6.45) is 2.32. The average molecular weight is 1080 g/mol. The van der Waals surface area contributed by atoms with Gasteiger partial charge in [0.25, 0.3) is 0 Å². The summed E-state index contributed by atoms with van der Waals surface area (Å²) in [7, 11) is 0. The molecule has 0 saturated carbocycles. The highest BCUT2D eigenvalue weighted by atomic mass is 32.1. The fraction of sp³-hybridized carbons (Fsp3) is 0.221. The van der Waals surface area contributed by atoms with Crippen LogP contribution >= 0.6 is 11.3 Å². The molecule has 82 heavy (non-hydrogen) atoms. The summed E-state index contributed by atoms with van der Waals surface area (Å²) in [5.74, 6) is 0. The SMILES string of the molecule is CC(C)(C)c1ccc(N(c2ccc(C(C)(C)C)cc2)c2cc3c4c(c2)N2c5ccccc5C5(c6ccccc6-c6ccccc65)c5cccc(c52)B4N(c2ccc4c(c2)C(C)(C)CCC4(C)C)c2c-3ccc3c2sc2ccccc23)cc1. The molecule has 3 nitrogen and oxygen atoms in total. The Balaban J connectivity index is 1.06. The van der Waals surface area contributed by atoms with E-state index in [0.717, 1.165) is 23.5 Å². The number of para-hydroxylation sites is 2. The van der Waals surface area contributed by atoms with Crippen molar-refractivity contribution < 1.29 is 0 Å². The van der Waals surface area contributed by atoms with Crippen molar-refractivity contribution >= 4 is 94.8 Å². The molecule has 2 aliphatic carbocycles. The van der Waals surface area contributed by atoms with Crippen molar-refractivity contribution in [3.8, 4) is 22.3 Å². The van der Waals surface area contributed by atoms with Gasteiger partial charge in [0.2, 0.25) is 0 Å². The lowest BCUT2D eigenvalue weighted by atomic mass is 9.42. The molecule has 0 N–H and O–H groups in total. The van der Waals surface area contributed by atoms with E-state index in [0.29, 0.717) is 0 Å². The first-order valence-corrected chi connectivity index (χ1v) is 30.6. The Kier molecular flexibility index (Phi) is 10.3. The maximum Gasteiger partial charge on any atom is 0.333 e. The van der Waals surface area contributed by atoms with Crippen molar-refractivity contribution in [2.75, 3.05) is 14.6 Å². The predicted molar refractivity (Wildman–Crippen MR) is 351 cm³/mol. The minimum Gasteiger partial charge on any atom is -0.375 e. The number of rotatable bonds is 4. The molecule has 0 amide bonds.